The standard InChI is InChI=1S/C8H15/c1-4-7-8(5-2)6-3/h4-6H2,1-3H3. The second-order valence-electron chi connectivity index (χ2n) is 1.84. The van der Waals surface area contributed by atoms with Gasteiger partial charge in [-0.05, 0) is 25.3 Å². The first kappa shape index (κ1) is 7.74. The zero-order chi connectivity index (χ0) is 6.41. The summed E-state index contributed by atoms with van der Waals surface area (Å²) in [5, 5.41) is 0. The van der Waals surface area contributed by atoms with E-state index in [1.807, 2.05) is 0 Å². The lowest BCUT2D eigenvalue weighted by Gasteiger charge is -1.94. The Morgan fingerprint density at radius 3 is 1.75 bits per heavy atom. The second kappa shape index (κ2) is 4.89. The van der Waals surface area contributed by atoms with Crippen LogP contribution in [0.15, 0.2) is 5.57 Å². The van der Waals surface area contributed by atoms with E-state index in [-0.39, 0.29) is 0 Å². The number of hydrogen-bond acceptors (Lipinski definition) is 0. The first-order valence-electron chi connectivity index (χ1n) is 3.43. The highest BCUT2D eigenvalue weighted by molar-refractivity contribution is 4.93. The first-order chi connectivity index (χ1) is 3.85. The highest BCUT2D eigenvalue weighted by Crippen LogP contribution is 2.04. The molecule has 0 aliphatic carbocycles. The first-order valence-corrected chi connectivity index (χ1v) is 3.43. The summed E-state index contributed by atoms with van der Waals surface area (Å²) in [6.07, 6.45) is 6.71. The van der Waals surface area contributed by atoms with E-state index >= 15 is 0 Å². The van der Waals surface area contributed by atoms with Crippen LogP contribution in [0.5, 0.6) is 0 Å². The van der Waals surface area contributed by atoms with Crippen molar-refractivity contribution in [2.75, 3.05) is 0 Å². The molecule has 47 valence electrons. The summed E-state index contributed by atoms with van der Waals surface area (Å²) >= 11 is 0. The molecule has 0 aromatic rings. The van der Waals surface area contributed by atoms with E-state index in [1.165, 1.54) is 18.4 Å². The molecule has 0 spiro atoms. The predicted molar refractivity (Wildman–Crippen MR) is 37.6 cm³/mol. The van der Waals surface area contributed by atoms with Gasteiger partial charge in [-0.25, -0.2) is 0 Å². The SMILES string of the molecule is CC[C]=C(CC)CC. The van der Waals surface area contributed by atoms with Crippen molar-refractivity contribution >= 4 is 0 Å². The molecule has 0 aromatic carbocycles. The Hall–Kier alpha value is -0.260. The molecule has 0 rings (SSSR count). The fraction of sp³-hybridized carbons (Fsp3) is 0.750. The lowest BCUT2D eigenvalue weighted by atomic mass is 10.1. The van der Waals surface area contributed by atoms with Crippen LogP contribution in [0.3, 0.4) is 0 Å². The van der Waals surface area contributed by atoms with Gasteiger partial charge in [0.05, 0.1) is 0 Å². The van der Waals surface area contributed by atoms with Crippen molar-refractivity contribution in [2.45, 2.75) is 40.0 Å². The molecule has 1 radical (unpaired) electrons. The van der Waals surface area contributed by atoms with Gasteiger partial charge < -0.3 is 0 Å². The molecule has 8 heavy (non-hydrogen) atoms. The minimum Gasteiger partial charge on any atom is -0.0673 e. The van der Waals surface area contributed by atoms with Crippen LogP contribution >= 0.6 is 0 Å². The lowest BCUT2D eigenvalue weighted by Crippen LogP contribution is -1.75. The van der Waals surface area contributed by atoms with E-state index < -0.39 is 0 Å². The zero-order valence-electron chi connectivity index (χ0n) is 6.12. The highest BCUT2D eigenvalue weighted by atomic mass is 13.9. The van der Waals surface area contributed by atoms with Crippen molar-refractivity contribution in [3.05, 3.63) is 11.6 Å². The third-order valence-corrected chi connectivity index (χ3v) is 1.28. The molecule has 0 aliphatic rings. The molecule has 0 aliphatic heterocycles. The van der Waals surface area contributed by atoms with Crippen LogP contribution in [0, 0.1) is 6.08 Å². The third kappa shape index (κ3) is 2.84. The Morgan fingerprint density at radius 2 is 1.62 bits per heavy atom. The van der Waals surface area contributed by atoms with Gasteiger partial charge in [0.15, 0.2) is 0 Å². The van der Waals surface area contributed by atoms with Crippen molar-refractivity contribution in [3.63, 3.8) is 0 Å². The van der Waals surface area contributed by atoms with Gasteiger partial charge in [-0.3, -0.25) is 0 Å². The van der Waals surface area contributed by atoms with Gasteiger partial charge in [0.1, 0.15) is 0 Å². The minimum absolute atomic E-state index is 1.07. The maximum absolute atomic E-state index is 3.30. The van der Waals surface area contributed by atoms with Crippen LogP contribution in [0.2, 0.25) is 0 Å². The van der Waals surface area contributed by atoms with Crippen LogP contribution < -0.4 is 0 Å². The third-order valence-electron chi connectivity index (χ3n) is 1.28. The average molecular weight is 111 g/mol. The molecule has 0 heteroatoms. The number of hydrogen-bond donors (Lipinski definition) is 0. The predicted octanol–water partition coefficient (Wildman–Crippen LogP) is 2.95. The topological polar surface area (TPSA) is 0 Å². The van der Waals surface area contributed by atoms with Crippen LogP contribution in [-0.4, -0.2) is 0 Å². The van der Waals surface area contributed by atoms with E-state index in [2.05, 4.69) is 26.8 Å². The van der Waals surface area contributed by atoms with Crippen molar-refractivity contribution in [1.29, 1.82) is 0 Å². The highest BCUT2D eigenvalue weighted by Gasteiger charge is 1.85. The normalized spacial score (nSPS) is 8.88. The molecular weight excluding hydrogens is 96.1 g/mol. The van der Waals surface area contributed by atoms with Crippen molar-refractivity contribution in [1.82, 2.24) is 0 Å². The molecule has 0 unspecified atom stereocenters. The van der Waals surface area contributed by atoms with E-state index in [4.69, 9.17) is 0 Å². The summed E-state index contributed by atoms with van der Waals surface area (Å²) in [7, 11) is 0. The quantitative estimate of drug-likeness (QED) is 0.525. The van der Waals surface area contributed by atoms with Crippen LogP contribution in [0.1, 0.15) is 40.0 Å². The molecular formula is C8H15. The van der Waals surface area contributed by atoms with Gasteiger partial charge in [-0.15, -0.1) is 0 Å². The Bertz CT molecular complexity index is 64.1. The molecule has 0 saturated carbocycles. The summed E-state index contributed by atoms with van der Waals surface area (Å²) < 4.78 is 0. The lowest BCUT2D eigenvalue weighted by molar-refractivity contribution is 0.940. The van der Waals surface area contributed by atoms with E-state index in [0.717, 1.165) is 6.42 Å². The van der Waals surface area contributed by atoms with E-state index in [1.54, 1.807) is 0 Å². The maximum atomic E-state index is 3.30. The molecule has 0 bridgehead atoms. The number of rotatable bonds is 3. The maximum Gasteiger partial charge on any atom is -0.0305 e. The largest absolute Gasteiger partial charge is 0.0673 e. The van der Waals surface area contributed by atoms with Crippen molar-refractivity contribution in [2.24, 2.45) is 0 Å². The fourth-order valence-corrected chi connectivity index (χ4v) is 0.750. The van der Waals surface area contributed by atoms with Gasteiger partial charge >= 0.3 is 0 Å². The molecule has 0 amide bonds. The molecule has 0 N–H and O–H groups in total. The molecule has 0 saturated heterocycles. The Balaban J connectivity index is 3.49. The summed E-state index contributed by atoms with van der Waals surface area (Å²) in [5.74, 6) is 0. The zero-order valence-corrected chi connectivity index (χ0v) is 6.12. The molecule has 0 aromatic heterocycles. The summed E-state index contributed by atoms with van der Waals surface area (Å²) in [5.41, 5.74) is 1.47. The molecule has 0 nitrogen and oxygen atoms in total. The summed E-state index contributed by atoms with van der Waals surface area (Å²) in [4.78, 5) is 0. The summed E-state index contributed by atoms with van der Waals surface area (Å²) in [6.45, 7) is 6.49. The van der Waals surface area contributed by atoms with Crippen LogP contribution in [-0.2, 0) is 0 Å². The molecule has 0 fully saturated rings. The fourth-order valence-electron chi connectivity index (χ4n) is 0.750. The van der Waals surface area contributed by atoms with Crippen LogP contribution in [0.25, 0.3) is 0 Å². The Morgan fingerprint density at radius 1 is 1.12 bits per heavy atom. The van der Waals surface area contributed by atoms with Crippen molar-refractivity contribution in [3.8, 4) is 0 Å². The monoisotopic (exact) mass is 111 g/mol. The Labute approximate surface area is 52.6 Å². The van der Waals surface area contributed by atoms with Gasteiger partial charge in [0.25, 0.3) is 0 Å². The summed E-state index contributed by atoms with van der Waals surface area (Å²) in [6, 6.07) is 0. The average Bonchev–Trinajstić information content (AvgIpc) is 1.83. The minimum atomic E-state index is 1.07. The molecule has 0 atom stereocenters. The Kier molecular flexibility index (Phi) is 4.73. The van der Waals surface area contributed by atoms with Crippen LogP contribution in [0.4, 0.5) is 0 Å². The van der Waals surface area contributed by atoms with Gasteiger partial charge in [0.2, 0.25) is 0 Å². The second-order valence-corrected chi connectivity index (χ2v) is 1.84. The molecule has 0 heterocycles. The van der Waals surface area contributed by atoms with E-state index in [9.17, 15) is 0 Å². The van der Waals surface area contributed by atoms with Gasteiger partial charge in [-0.2, -0.15) is 0 Å². The number of allylic oxidation sites excluding steroid dienone is 2. The van der Waals surface area contributed by atoms with Gasteiger partial charge in [-0.1, -0.05) is 26.3 Å². The van der Waals surface area contributed by atoms with Gasteiger partial charge in [0, 0.05) is 0 Å². The van der Waals surface area contributed by atoms with Crippen molar-refractivity contribution < 1.29 is 0 Å². The smallest absolute Gasteiger partial charge is 0.0305 e. The van der Waals surface area contributed by atoms with E-state index in [0.29, 0.717) is 0 Å².